The Morgan fingerprint density at radius 2 is 1.44 bits per heavy atom. The molecule has 1 heterocycles. The minimum Gasteiger partial charge on any atom is -0.272 e. The lowest BCUT2D eigenvalue weighted by Crippen LogP contribution is -2.55. The molecule has 4 atom stereocenters. The molecule has 5 rings (SSSR count). The number of fused-ring (bicyclic) bond motifs is 5. The summed E-state index contributed by atoms with van der Waals surface area (Å²) in [6, 6.07) is 7.94. The van der Waals surface area contributed by atoms with E-state index in [-0.39, 0.29) is 26.2 Å². The molecular formula is C23H11Cl7N4O7. The van der Waals surface area contributed by atoms with Gasteiger partial charge in [0, 0.05) is 28.8 Å². The second kappa shape index (κ2) is 9.84. The van der Waals surface area contributed by atoms with Crippen LogP contribution in [0.25, 0.3) is 0 Å². The van der Waals surface area contributed by atoms with Gasteiger partial charge in [0.05, 0.1) is 43.9 Å². The number of benzene rings is 2. The molecule has 18 heteroatoms. The second-order valence-electron chi connectivity index (χ2n) is 9.27. The molecule has 1 saturated heterocycles. The summed E-state index contributed by atoms with van der Waals surface area (Å²) < 4.78 is -2.24. The fraction of sp³-hybridized carbons (Fsp3) is 0.261. The molecule has 0 N–H and O–H groups in total. The Labute approximate surface area is 264 Å². The van der Waals surface area contributed by atoms with Crippen LogP contribution in [0.15, 0.2) is 52.5 Å². The number of alkyl halides is 4. The third kappa shape index (κ3) is 3.90. The minimum atomic E-state index is -2.24. The Morgan fingerprint density at radius 1 is 0.878 bits per heavy atom. The smallest absolute Gasteiger partial charge is 0.272 e. The van der Waals surface area contributed by atoms with Crippen LogP contribution < -0.4 is 0 Å². The number of halogens is 7. The number of hydrogen-bond donors (Lipinski definition) is 0. The number of non-ortho nitro benzene ring substituents is 1. The first kappa shape index (κ1) is 30.1. The number of hydrazine groups is 1. The number of nitro benzene ring substituents is 2. The third-order valence-electron chi connectivity index (χ3n) is 7.23. The zero-order valence-electron chi connectivity index (χ0n) is 19.7. The van der Waals surface area contributed by atoms with Gasteiger partial charge in [-0.25, -0.2) is 5.01 Å². The molecule has 0 aromatic heterocycles. The summed E-state index contributed by atoms with van der Waals surface area (Å²) in [6.07, 6.45) is 0. The average Bonchev–Trinajstić information content (AvgIpc) is 3.30. The molecule has 0 spiro atoms. The van der Waals surface area contributed by atoms with E-state index in [1.165, 1.54) is 24.3 Å². The predicted molar refractivity (Wildman–Crippen MR) is 150 cm³/mol. The van der Waals surface area contributed by atoms with Gasteiger partial charge >= 0.3 is 0 Å². The molecule has 2 aliphatic carbocycles. The number of hydrogen-bond acceptors (Lipinski definition) is 7. The molecule has 1 aliphatic heterocycles. The molecule has 2 bridgehead atoms. The number of carbonyl (C=O) groups is 3. The van der Waals surface area contributed by atoms with Gasteiger partial charge in [0.1, 0.15) is 9.75 Å². The number of nitrogens with zero attached hydrogens (tertiary/aromatic N) is 4. The van der Waals surface area contributed by atoms with E-state index in [1.807, 2.05) is 0 Å². The number of carbonyl (C=O) groups excluding carboxylic acids is 3. The molecule has 2 fully saturated rings. The van der Waals surface area contributed by atoms with Gasteiger partial charge in [-0.3, -0.25) is 34.6 Å². The first-order valence-electron chi connectivity index (χ1n) is 11.2. The fourth-order valence-corrected chi connectivity index (χ4v) is 8.45. The summed E-state index contributed by atoms with van der Waals surface area (Å²) in [7, 11) is 0. The van der Waals surface area contributed by atoms with Gasteiger partial charge in [-0.1, -0.05) is 64.1 Å². The first-order chi connectivity index (χ1) is 19.0. The van der Waals surface area contributed by atoms with E-state index in [0.717, 1.165) is 18.2 Å². The van der Waals surface area contributed by atoms with Crippen LogP contribution in [0.5, 0.6) is 0 Å². The van der Waals surface area contributed by atoms with Crippen molar-refractivity contribution in [2.45, 2.75) is 20.6 Å². The van der Waals surface area contributed by atoms with Crippen LogP contribution >= 0.6 is 81.2 Å². The Morgan fingerprint density at radius 3 is 1.95 bits per heavy atom. The van der Waals surface area contributed by atoms with Crippen LogP contribution in [0.3, 0.4) is 0 Å². The van der Waals surface area contributed by atoms with Crippen molar-refractivity contribution in [3.63, 3.8) is 0 Å². The summed E-state index contributed by atoms with van der Waals surface area (Å²) in [5, 5.41) is 23.4. The van der Waals surface area contributed by atoms with Crippen molar-refractivity contribution in [2.75, 3.05) is 0 Å². The van der Waals surface area contributed by atoms with Crippen molar-refractivity contribution in [1.29, 1.82) is 0 Å². The Bertz CT molecular complexity index is 1590. The van der Waals surface area contributed by atoms with Crippen molar-refractivity contribution >= 4 is 110 Å². The maximum Gasteiger partial charge on any atom is 0.275 e. The maximum atomic E-state index is 14.0. The van der Waals surface area contributed by atoms with E-state index in [1.54, 1.807) is 0 Å². The molecule has 2 aromatic carbocycles. The van der Waals surface area contributed by atoms with Gasteiger partial charge < -0.3 is 0 Å². The summed E-state index contributed by atoms with van der Waals surface area (Å²) in [6.45, 7) is -0.738. The molecule has 214 valence electrons. The van der Waals surface area contributed by atoms with E-state index in [4.69, 9.17) is 81.2 Å². The maximum absolute atomic E-state index is 14.0. The number of rotatable bonds is 6. The zero-order valence-corrected chi connectivity index (χ0v) is 25.0. The molecular weight excluding hydrogens is 692 g/mol. The van der Waals surface area contributed by atoms with E-state index in [0.29, 0.717) is 10.0 Å². The molecule has 3 amide bonds. The van der Waals surface area contributed by atoms with Gasteiger partial charge in [0.25, 0.3) is 29.1 Å². The summed E-state index contributed by atoms with van der Waals surface area (Å²) >= 11 is 45.1. The number of imide groups is 1. The third-order valence-corrected chi connectivity index (χ3v) is 11.7. The van der Waals surface area contributed by atoms with Crippen LogP contribution in [0.4, 0.5) is 11.4 Å². The predicted octanol–water partition coefficient (Wildman–Crippen LogP) is 6.16. The highest BCUT2D eigenvalue weighted by molar-refractivity contribution is 6.66. The van der Waals surface area contributed by atoms with E-state index >= 15 is 0 Å². The molecule has 41 heavy (non-hydrogen) atoms. The lowest BCUT2D eigenvalue weighted by Gasteiger charge is -2.37. The molecule has 0 radical (unpaired) electrons. The van der Waals surface area contributed by atoms with Gasteiger partial charge in [-0.05, 0) is 18.2 Å². The molecule has 1 saturated carbocycles. The number of nitro groups is 2. The van der Waals surface area contributed by atoms with Crippen molar-refractivity contribution in [3.05, 3.63) is 88.9 Å². The van der Waals surface area contributed by atoms with Crippen LogP contribution in [-0.2, 0) is 16.1 Å². The van der Waals surface area contributed by atoms with Crippen LogP contribution in [-0.4, -0.2) is 51.7 Å². The van der Waals surface area contributed by atoms with Crippen molar-refractivity contribution < 1.29 is 24.2 Å². The summed E-state index contributed by atoms with van der Waals surface area (Å²) in [5.41, 5.74) is -1.47. The number of amides is 3. The van der Waals surface area contributed by atoms with Crippen LogP contribution in [0, 0.1) is 32.1 Å². The standard InChI is InChI=1S/C23H11Cl7N4O7/c24-11-5-4-10(13(7-11)34(40)41)8-31(18(35)9-2-1-3-12(6-9)33(38)39)32-19(36)14-15(20(32)37)22(28)17(26)16(25)21(14,27)23(22,29)30/h1-7,14-15H,8H2/t14-,15-,21-,22-/m1/s1. The topological polar surface area (TPSA) is 144 Å². The van der Waals surface area contributed by atoms with Gasteiger partial charge in [-0.2, -0.15) is 5.01 Å². The summed E-state index contributed by atoms with van der Waals surface area (Å²) in [5.74, 6) is -6.55. The zero-order chi connectivity index (χ0) is 30.4. The molecule has 2 aromatic rings. The Kier molecular flexibility index (Phi) is 7.22. The van der Waals surface area contributed by atoms with Gasteiger partial charge in [0.15, 0.2) is 4.33 Å². The van der Waals surface area contributed by atoms with Gasteiger partial charge in [-0.15, -0.1) is 23.2 Å². The minimum absolute atomic E-state index is 0.000490. The first-order valence-corrected chi connectivity index (χ1v) is 13.8. The highest BCUT2D eigenvalue weighted by Gasteiger charge is 2.88. The van der Waals surface area contributed by atoms with E-state index in [2.05, 4.69) is 0 Å². The van der Waals surface area contributed by atoms with Crippen molar-refractivity contribution in [1.82, 2.24) is 10.0 Å². The highest BCUT2D eigenvalue weighted by atomic mass is 35.5. The monoisotopic (exact) mass is 700 g/mol. The largest absolute Gasteiger partial charge is 0.275 e. The second-order valence-corrected chi connectivity index (χ2v) is 13.0. The SMILES string of the molecule is O=C(c1cccc([N+](=O)[O-])c1)N(Cc1ccc(Cl)cc1[N+](=O)[O-])N1C(=O)[C@H]2[C@H](C1=O)[C@@]1(Cl)C(Cl)=C(Cl)[C@@]2(Cl)C1(Cl)Cl. The lowest BCUT2D eigenvalue weighted by molar-refractivity contribution is -0.385. The summed E-state index contributed by atoms with van der Waals surface area (Å²) in [4.78, 5) is 59.0. The van der Waals surface area contributed by atoms with Crippen molar-refractivity contribution in [2.24, 2.45) is 11.8 Å². The Balaban J connectivity index is 1.66. The highest BCUT2D eigenvalue weighted by Crippen LogP contribution is 2.77. The van der Waals surface area contributed by atoms with Crippen LogP contribution in [0.2, 0.25) is 5.02 Å². The quantitative estimate of drug-likeness (QED) is 0.152. The molecule has 3 aliphatic rings. The molecule has 0 unspecified atom stereocenters. The fourth-order valence-electron chi connectivity index (χ4n) is 5.36. The van der Waals surface area contributed by atoms with E-state index in [9.17, 15) is 34.6 Å². The normalized spacial score (nSPS) is 27.8. The van der Waals surface area contributed by atoms with E-state index < -0.39 is 71.4 Å². The average molecular weight is 704 g/mol. The Hall–Kier alpha value is -2.38. The van der Waals surface area contributed by atoms with Gasteiger partial charge in [0.2, 0.25) is 0 Å². The molecule has 11 nitrogen and oxygen atoms in total. The van der Waals surface area contributed by atoms with Crippen molar-refractivity contribution in [3.8, 4) is 0 Å². The lowest BCUT2D eigenvalue weighted by atomic mass is 9.84. The number of allylic oxidation sites excluding steroid dienone is 2. The van der Waals surface area contributed by atoms with Crippen LogP contribution in [0.1, 0.15) is 15.9 Å².